The lowest BCUT2D eigenvalue weighted by atomic mass is 10.6. The molecule has 0 saturated heterocycles. The van der Waals surface area contributed by atoms with Crippen LogP contribution in [0.5, 0.6) is 0 Å². The molecule has 62 valence electrons. The van der Waals surface area contributed by atoms with E-state index in [0.29, 0.717) is 0 Å². The van der Waals surface area contributed by atoms with Crippen LogP contribution >= 0.6 is 0 Å². The van der Waals surface area contributed by atoms with Gasteiger partial charge in [0, 0.05) is 0 Å². The Morgan fingerprint density at radius 2 is 1.18 bits per heavy atom. The fourth-order valence-electron chi connectivity index (χ4n) is 0.537. The first kappa shape index (κ1) is 9.62. The molecule has 0 radical (unpaired) electrons. The average molecular weight is 156 g/mol. The van der Waals surface area contributed by atoms with E-state index in [-0.39, 0.29) is 0 Å². The monoisotopic (exact) mass is 156 g/mol. The fourth-order valence-corrected chi connectivity index (χ4v) is 0.537. The number of rotatable bonds is 6. The summed E-state index contributed by atoms with van der Waals surface area (Å²) in [6.07, 6.45) is 3.65. The van der Waals surface area contributed by atoms with Gasteiger partial charge in [-0.05, 0) is 0 Å². The second-order valence-corrected chi connectivity index (χ2v) is 1.72. The molecular formula is C8H12O3. The van der Waals surface area contributed by atoms with E-state index in [1.165, 1.54) is 18.8 Å². The Balaban J connectivity index is 4.09. The minimum absolute atomic E-state index is 1.20. The molecule has 0 rings (SSSR count). The zero-order chi connectivity index (χ0) is 8.74. The van der Waals surface area contributed by atoms with Crippen molar-refractivity contribution in [2.24, 2.45) is 0 Å². The van der Waals surface area contributed by atoms with Gasteiger partial charge in [0.1, 0.15) is 0 Å². The van der Waals surface area contributed by atoms with Gasteiger partial charge in [0.25, 0.3) is 0 Å². The molecule has 0 N–H and O–H groups in total. The van der Waals surface area contributed by atoms with Crippen LogP contribution in [0.3, 0.4) is 0 Å². The first-order chi connectivity index (χ1) is 5.18. The molecule has 0 aliphatic rings. The van der Waals surface area contributed by atoms with Gasteiger partial charge in [0.05, 0.1) is 25.7 Å². The maximum Gasteiger partial charge on any atom is 0.412 e. The molecule has 0 unspecified atom stereocenters. The maximum absolute atomic E-state index is 4.89. The Labute approximate surface area is 66.6 Å². The lowest BCUT2D eigenvalue weighted by molar-refractivity contribution is -0.304. The molecule has 0 aromatic rings. The smallest absolute Gasteiger partial charge is 0.412 e. The zero-order valence-corrected chi connectivity index (χ0v) is 6.58. The second kappa shape index (κ2) is 4.44. The van der Waals surface area contributed by atoms with E-state index >= 15 is 0 Å². The van der Waals surface area contributed by atoms with Crippen molar-refractivity contribution >= 4 is 0 Å². The summed E-state index contributed by atoms with van der Waals surface area (Å²) in [5, 5.41) is 0. The van der Waals surface area contributed by atoms with Gasteiger partial charge in [-0.15, -0.1) is 0 Å². The fraction of sp³-hybridized carbons (Fsp3) is 0.250. The molecule has 0 fully saturated rings. The van der Waals surface area contributed by atoms with Crippen molar-refractivity contribution in [3.8, 4) is 0 Å². The third kappa shape index (κ3) is 3.35. The Kier molecular flexibility index (Phi) is 3.88. The highest BCUT2D eigenvalue weighted by Crippen LogP contribution is 2.14. The highest BCUT2D eigenvalue weighted by molar-refractivity contribution is 4.65. The van der Waals surface area contributed by atoms with E-state index in [1.807, 2.05) is 0 Å². The molecule has 0 aliphatic heterocycles. The van der Waals surface area contributed by atoms with Crippen molar-refractivity contribution in [1.29, 1.82) is 0 Å². The highest BCUT2D eigenvalue weighted by atomic mass is 16.9. The largest absolute Gasteiger partial charge is 0.429 e. The van der Waals surface area contributed by atoms with Crippen molar-refractivity contribution in [3.63, 3.8) is 0 Å². The Bertz CT molecular complexity index is 125. The summed E-state index contributed by atoms with van der Waals surface area (Å²) in [6, 6.07) is 0. The quantitative estimate of drug-likeness (QED) is 0.435. The van der Waals surface area contributed by atoms with Crippen LogP contribution in [0, 0.1) is 0 Å². The van der Waals surface area contributed by atoms with Gasteiger partial charge >= 0.3 is 5.97 Å². The molecule has 0 heterocycles. The Morgan fingerprint density at radius 3 is 1.36 bits per heavy atom. The lowest BCUT2D eigenvalue weighted by Gasteiger charge is -2.25. The third-order valence-electron chi connectivity index (χ3n) is 0.892. The van der Waals surface area contributed by atoms with Crippen LogP contribution in [0.1, 0.15) is 6.92 Å². The SMILES string of the molecule is C=COC(C)(OC=C)OC=C. The van der Waals surface area contributed by atoms with Gasteiger partial charge in [-0.2, -0.15) is 0 Å². The predicted octanol–water partition coefficient (Wildman–Crippen LogP) is 2.14. The summed E-state index contributed by atoms with van der Waals surface area (Å²) >= 11 is 0. The van der Waals surface area contributed by atoms with Crippen LogP contribution in [0.25, 0.3) is 0 Å². The maximum atomic E-state index is 4.89. The van der Waals surface area contributed by atoms with E-state index in [2.05, 4.69) is 19.7 Å². The Hall–Kier alpha value is -1.38. The van der Waals surface area contributed by atoms with Crippen LogP contribution in [0.15, 0.2) is 38.5 Å². The van der Waals surface area contributed by atoms with E-state index in [0.717, 1.165) is 0 Å². The molecule has 0 aromatic carbocycles. The van der Waals surface area contributed by atoms with Crippen molar-refractivity contribution in [1.82, 2.24) is 0 Å². The summed E-state index contributed by atoms with van der Waals surface area (Å²) in [6.45, 7) is 11.6. The number of hydrogen-bond acceptors (Lipinski definition) is 3. The first-order valence-electron chi connectivity index (χ1n) is 3.04. The molecule has 0 spiro atoms. The van der Waals surface area contributed by atoms with Crippen molar-refractivity contribution in [3.05, 3.63) is 38.5 Å². The summed E-state index contributed by atoms with van der Waals surface area (Å²) in [5.74, 6) is -1.20. The number of ether oxygens (including phenoxy) is 3. The van der Waals surface area contributed by atoms with Crippen LogP contribution in [-0.4, -0.2) is 5.97 Å². The molecule has 11 heavy (non-hydrogen) atoms. The summed E-state index contributed by atoms with van der Waals surface area (Å²) in [4.78, 5) is 0. The lowest BCUT2D eigenvalue weighted by Crippen LogP contribution is -2.30. The molecule has 3 nitrogen and oxygen atoms in total. The topological polar surface area (TPSA) is 27.7 Å². The third-order valence-corrected chi connectivity index (χ3v) is 0.892. The van der Waals surface area contributed by atoms with Crippen LogP contribution in [0.2, 0.25) is 0 Å². The van der Waals surface area contributed by atoms with Gasteiger partial charge in [-0.25, -0.2) is 0 Å². The molecule has 0 amide bonds. The molecule has 3 heteroatoms. The predicted molar refractivity (Wildman–Crippen MR) is 42.3 cm³/mol. The van der Waals surface area contributed by atoms with Crippen LogP contribution in [-0.2, 0) is 14.2 Å². The van der Waals surface area contributed by atoms with E-state index in [4.69, 9.17) is 14.2 Å². The average Bonchev–Trinajstić information content (AvgIpc) is 1.88. The molecule has 0 saturated carbocycles. The first-order valence-corrected chi connectivity index (χ1v) is 3.04. The summed E-state index contributed by atoms with van der Waals surface area (Å²) in [7, 11) is 0. The van der Waals surface area contributed by atoms with Crippen molar-refractivity contribution < 1.29 is 14.2 Å². The van der Waals surface area contributed by atoms with E-state index in [1.54, 1.807) is 6.92 Å². The highest BCUT2D eigenvalue weighted by Gasteiger charge is 2.26. The van der Waals surface area contributed by atoms with Crippen molar-refractivity contribution in [2.45, 2.75) is 12.9 Å². The standard InChI is InChI=1S/C8H12O3/c1-5-9-8(4,10-6-2)11-7-3/h5-7H,1-3H2,4H3. The van der Waals surface area contributed by atoms with Gasteiger partial charge in [0.2, 0.25) is 0 Å². The molecule has 0 aromatic heterocycles. The van der Waals surface area contributed by atoms with Gasteiger partial charge in [0.15, 0.2) is 0 Å². The van der Waals surface area contributed by atoms with Gasteiger partial charge in [-0.3, -0.25) is 0 Å². The molecule has 0 bridgehead atoms. The second-order valence-electron chi connectivity index (χ2n) is 1.72. The zero-order valence-electron chi connectivity index (χ0n) is 6.58. The van der Waals surface area contributed by atoms with E-state index < -0.39 is 5.97 Å². The minimum Gasteiger partial charge on any atom is -0.429 e. The normalized spacial score (nSPS) is 9.55. The molecule has 0 atom stereocenters. The van der Waals surface area contributed by atoms with E-state index in [9.17, 15) is 0 Å². The Morgan fingerprint density at radius 1 is 0.909 bits per heavy atom. The van der Waals surface area contributed by atoms with Crippen LogP contribution < -0.4 is 0 Å². The molecular weight excluding hydrogens is 144 g/mol. The van der Waals surface area contributed by atoms with Gasteiger partial charge in [-0.1, -0.05) is 19.7 Å². The van der Waals surface area contributed by atoms with Crippen LogP contribution in [0.4, 0.5) is 0 Å². The van der Waals surface area contributed by atoms with Crippen molar-refractivity contribution in [2.75, 3.05) is 0 Å². The summed E-state index contributed by atoms with van der Waals surface area (Å²) < 4.78 is 14.7. The minimum atomic E-state index is -1.20. The summed E-state index contributed by atoms with van der Waals surface area (Å²) in [5.41, 5.74) is 0. The number of hydrogen-bond donors (Lipinski definition) is 0. The van der Waals surface area contributed by atoms with Gasteiger partial charge < -0.3 is 14.2 Å². The molecule has 0 aliphatic carbocycles.